The highest BCUT2D eigenvalue weighted by atomic mass is 16.5. The largest absolute Gasteiger partial charge is 0.494 e. The van der Waals surface area contributed by atoms with Crippen LogP contribution in [0.5, 0.6) is 5.75 Å². The highest BCUT2D eigenvalue weighted by Gasteiger charge is 2.12. The minimum atomic E-state index is -0.276. The summed E-state index contributed by atoms with van der Waals surface area (Å²) >= 11 is 0. The Hall–Kier alpha value is -4.39. The lowest BCUT2D eigenvalue weighted by molar-refractivity contribution is 0.102. The lowest BCUT2D eigenvalue weighted by atomic mass is 10.2. The van der Waals surface area contributed by atoms with Crippen molar-refractivity contribution in [1.29, 1.82) is 0 Å². The van der Waals surface area contributed by atoms with E-state index in [9.17, 15) is 9.59 Å². The number of hydrogen-bond acceptors (Lipinski definition) is 4. The molecule has 3 aromatic carbocycles. The van der Waals surface area contributed by atoms with Gasteiger partial charge in [0.1, 0.15) is 5.75 Å². The molecule has 7 nitrogen and oxygen atoms in total. The van der Waals surface area contributed by atoms with E-state index in [1.807, 2.05) is 38.1 Å². The van der Waals surface area contributed by atoms with Crippen LogP contribution in [-0.2, 0) is 0 Å². The number of nitrogens with zero attached hydrogens (tertiary/aromatic N) is 2. The first kappa shape index (κ1) is 21.8. The second-order valence-corrected chi connectivity index (χ2v) is 7.40. The van der Waals surface area contributed by atoms with Gasteiger partial charge in [0.2, 0.25) is 0 Å². The first-order valence-corrected chi connectivity index (χ1v) is 10.6. The molecule has 7 heteroatoms. The fourth-order valence-electron chi connectivity index (χ4n) is 3.30. The zero-order valence-electron chi connectivity index (χ0n) is 18.4. The molecule has 0 aliphatic carbocycles. The molecule has 0 atom stereocenters. The van der Waals surface area contributed by atoms with Crippen molar-refractivity contribution in [1.82, 2.24) is 9.78 Å². The van der Waals surface area contributed by atoms with E-state index >= 15 is 0 Å². The van der Waals surface area contributed by atoms with Crippen molar-refractivity contribution in [3.63, 3.8) is 0 Å². The van der Waals surface area contributed by atoms with Gasteiger partial charge < -0.3 is 15.4 Å². The van der Waals surface area contributed by atoms with Crippen molar-refractivity contribution in [2.45, 2.75) is 13.8 Å². The number of ether oxygens (including phenoxy) is 1. The maximum Gasteiger partial charge on any atom is 0.258 e. The average Bonchev–Trinajstić information content (AvgIpc) is 3.31. The summed E-state index contributed by atoms with van der Waals surface area (Å²) in [5.74, 6) is 0.234. The molecule has 0 bridgehead atoms. The van der Waals surface area contributed by atoms with E-state index in [4.69, 9.17) is 4.74 Å². The highest BCUT2D eigenvalue weighted by molar-refractivity contribution is 6.06. The van der Waals surface area contributed by atoms with Gasteiger partial charge in [0.25, 0.3) is 11.8 Å². The van der Waals surface area contributed by atoms with Crippen LogP contribution in [0.15, 0.2) is 85.2 Å². The molecule has 0 aliphatic rings. The fourth-order valence-corrected chi connectivity index (χ4v) is 3.30. The van der Waals surface area contributed by atoms with Crippen LogP contribution in [-0.4, -0.2) is 28.2 Å². The second kappa shape index (κ2) is 9.82. The van der Waals surface area contributed by atoms with Gasteiger partial charge in [-0.05, 0) is 74.0 Å². The van der Waals surface area contributed by atoms with Gasteiger partial charge in [-0.25, -0.2) is 4.68 Å². The SMILES string of the molecule is CCOc1ccc(NC(=O)c2ccc(NC(=O)c3cnn(-c4ccccc4C)c3)cc2)cc1. The Morgan fingerprint density at radius 3 is 2.09 bits per heavy atom. The highest BCUT2D eigenvalue weighted by Crippen LogP contribution is 2.18. The van der Waals surface area contributed by atoms with Gasteiger partial charge in [0.15, 0.2) is 0 Å². The number of rotatable bonds is 7. The Labute approximate surface area is 192 Å². The Morgan fingerprint density at radius 1 is 0.848 bits per heavy atom. The monoisotopic (exact) mass is 440 g/mol. The molecule has 0 saturated heterocycles. The summed E-state index contributed by atoms with van der Waals surface area (Å²) in [7, 11) is 0. The van der Waals surface area contributed by atoms with Crippen molar-refractivity contribution >= 4 is 23.2 Å². The van der Waals surface area contributed by atoms with E-state index in [1.165, 1.54) is 6.20 Å². The molecule has 0 saturated carbocycles. The zero-order chi connectivity index (χ0) is 23.2. The average molecular weight is 441 g/mol. The number of benzene rings is 3. The Kier molecular flexibility index (Phi) is 6.50. The third kappa shape index (κ3) is 5.27. The van der Waals surface area contributed by atoms with Crippen LogP contribution in [0.25, 0.3) is 5.69 Å². The third-order valence-electron chi connectivity index (χ3n) is 5.04. The molecule has 0 aliphatic heterocycles. The minimum Gasteiger partial charge on any atom is -0.494 e. The topological polar surface area (TPSA) is 85.2 Å². The smallest absolute Gasteiger partial charge is 0.258 e. The van der Waals surface area contributed by atoms with E-state index in [2.05, 4.69) is 15.7 Å². The molecule has 1 heterocycles. The molecular formula is C26H24N4O3. The maximum atomic E-state index is 12.6. The minimum absolute atomic E-state index is 0.239. The van der Waals surface area contributed by atoms with Crippen LogP contribution >= 0.6 is 0 Å². The fraction of sp³-hybridized carbons (Fsp3) is 0.115. The summed E-state index contributed by atoms with van der Waals surface area (Å²) in [5.41, 5.74) is 4.16. The van der Waals surface area contributed by atoms with Crippen LogP contribution in [0.3, 0.4) is 0 Å². The van der Waals surface area contributed by atoms with Crippen LogP contribution < -0.4 is 15.4 Å². The number of anilines is 2. The zero-order valence-corrected chi connectivity index (χ0v) is 18.4. The summed E-state index contributed by atoms with van der Waals surface area (Å²) in [5, 5.41) is 9.98. The number of hydrogen-bond donors (Lipinski definition) is 2. The maximum absolute atomic E-state index is 12.6. The number of para-hydroxylation sites is 1. The molecule has 0 fully saturated rings. The van der Waals surface area contributed by atoms with Gasteiger partial charge in [-0.15, -0.1) is 0 Å². The van der Waals surface area contributed by atoms with Crippen LogP contribution in [0, 0.1) is 6.92 Å². The molecule has 4 aromatic rings. The number of aromatic nitrogens is 2. The summed E-state index contributed by atoms with van der Waals surface area (Å²) in [6, 6.07) is 21.7. The van der Waals surface area contributed by atoms with E-state index in [1.54, 1.807) is 59.4 Å². The van der Waals surface area contributed by atoms with Crippen LogP contribution in [0.2, 0.25) is 0 Å². The van der Waals surface area contributed by atoms with E-state index in [0.29, 0.717) is 29.1 Å². The van der Waals surface area contributed by atoms with E-state index in [0.717, 1.165) is 17.0 Å². The van der Waals surface area contributed by atoms with Gasteiger partial charge in [-0.3, -0.25) is 9.59 Å². The summed E-state index contributed by atoms with van der Waals surface area (Å²) < 4.78 is 7.08. The van der Waals surface area contributed by atoms with Crippen molar-refractivity contribution in [3.8, 4) is 11.4 Å². The van der Waals surface area contributed by atoms with E-state index in [-0.39, 0.29) is 11.8 Å². The molecule has 166 valence electrons. The van der Waals surface area contributed by atoms with Crippen molar-refractivity contribution < 1.29 is 14.3 Å². The molecule has 0 spiro atoms. The predicted molar refractivity (Wildman–Crippen MR) is 128 cm³/mol. The Balaban J connectivity index is 1.38. The Bertz CT molecular complexity index is 1260. The van der Waals surface area contributed by atoms with E-state index < -0.39 is 0 Å². The second-order valence-electron chi connectivity index (χ2n) is 7.40. The standard InChI is InChI=1S/C26H24N4O3/c1-3-33-23-14-12-22(13-15-23)28-25(31)19-8-10-21(11-9-19)29-26(32)20-16-27-30(17-20)24-7-5-4-6-18(24)2/h4-17H,3H2,1-2H3,(H,28,31)(H,29,32). The number of nitrogens with one attached hydrogen (secondary N) is 2. The molecule has 0 radical (unpaired) electrons. The van der Waals surface area contributed by atoms with Gasteiger partial charge in [0, 0.05) is 23.1 Å². The molecule has 2 amide bonds. The molecule has 2 N–H and O–H groups in total. The number of aryl methyl sites for hydroxylation is 1. The van der Waals surface area contributed by atoms with Crippen molar-refractivity contribution in [2.75, 3.05) is 17.2 Å². The first-order valence-electron chi connectivity index (χ1n) is 10.6. The normalized spacial score (nSPS) is 10.5. The molecular weight excluding hydrogens is 416 g/mol. The lowest BCUT2D eigenvalue weighted by Gasteiger charge is -2.08. The van der Waals surface area contributed by atoms with Gasteiger partial charge in [-0.1, -0.05) is 18.2 Å². The Morgan fingerprint density at radius 2 is 1.45 bits per heavy atom. The van der Waals surface area contributed by atoms with Crippen LogP contribution in [0.1, 0.15) is 33.2 Å². The van der Waals surface area contributed by atoms with Gasteiger partial charge >= 0.3 is 0 Å². The summed E-state index contributed by atoms with van der Waals surface area (Å²) in [4.78, 5) is 25.1. The van der Waals surface area contributed by atoms with Crippen molar-refractivity contribution in [2.24, 2.45) is 0 Å². The molecule has 4 rings (SSSR count). The molecule has 0 unspecified atom stereocenters. The van der Waals surface area contributed by atoms with Gasteiger partial charge in [0.05, 0.1) is 24.1 Å². The van der Waals surface area contributed by atoms with Crippen molar-refractivity contribution in [3.05, 3.63) is 102 Å². The summed E-state index contributed by atoms with van der Waals surface area (Å²) in [6.07, 6.45) is 3.22. The van der Waals surface area contributed by atoms with Gasteiger partial charge in [-0.2, -0.15) is 5.10 Å². The summed E-state index contributed by atoms with van der Waals surface area (Å²) in [6.45, 7) is 4.49. The quantitative estimate of drug-likeness (QED) is 0.419. The predicted octanol–water partition coefficient (Wildman–Crippen LogP) is 5.08. The molecule has 33 heavy (non-hydrogen) atoms. The first-order chi connectivity index (χ1) is 16.0. The number of amides is 2. The molecule has 1 aromatic heterocycles. The lowest BCUT2D eigenvalue weighted by Crippen LogP contribution is -2.13. The number of carbonyl (C=O) groups is 2. The number of carbonyl (C=O) groups excluding carboxylic acids is 2. The third-order valence-corrected chi connectivity index (χ3v) is 5.04. The van der Waals surface area contributed by atoms with Crippen LogP contribution in [0.4, 0.5) is 11.4 Å².